The number of nitrogens with one attached hydrogen (secondary N) is 1. The number of hydrogen-bond acceptors (Lipinski definition) is 4. The van der Waals surface area contributed by atoms with Crippen LogP contribution in [0.4, 0.5) is 18.9 Å². The van der Waals surface area contributed by atoms with Crippen molar-refractivity contribution in [3.8, 4) is 17.0 Å². The zero-order chi connectivity index (χ0) is 21.4. The summed E-state index contributed by atoms with van der Waals surface area (Å²) in [6.07, 6.45) is -1.26. The van der Waals surface area contributed by atoms with E-state index >= 15 is 0 Å². The van der Waals surface area contributed by atoms with Gasteiger partial charge in [-0.1, -0.05) is 24.3 Å². The highest BCUT2D eigenvalue weighted by Crippen LogP contribution is 2.30. The first-order valence-electron chi connectivity index (χ1n) is 8.63. The number of nitrogens with zero attached hydrogens (tertiary/aromatic N) is 2. The predicted molar refractivity (Wildman–Crippen MR) is 105 cm³/mol. The lowest BCUT2D eigenvalue weighted by molar-refractivity contribution is -0.274. The predicted octanol–water partition coefficient (Wildman–Crippen LogP) is 4.70. The van der Waals surface area contributed by atoms with Gasteiger partial charge >= 0.3 is 6.36 Å². The quantitative estimate of drug-likeness (QED) is 0.495. The SMILES string of the molecule is O=S(=O)(Nc1ccccc1-c1cn2ccccc2n1)c1ccc(OC(F)(F)F)cc1. The Balaban J connectivity index is 1.64. The standard InChI is InChI=1S/C20H14F3N3O3S/c21-20(22,23)29-14-8-10-15(11-9-14)30(27,28)25-17-6-2-1-5-16(17)18-13-26-12-4-3-7-19(26)24-18/h1-13,25H. The number of aromatic nitrogens is 2. The molecule has 0 aliphatic rings. The molecule has 154 valence electrons. The number of pyridine rings is 1. The topological polar surface area (TPSA) is 72.7 Å². The summed E-state index contributed by atoms with van der Waals surface area (Å²) in [7, 11) is -4.06. The van der Waals surface area contributed by atoms with E-state index in [1.807, 2.05) is 24.4 Å². The summed E-state index contributed by atoms with van der Waals surface area (Å²) in [4.78, 5) is 4.29. The number of benzene rings is 2. The van der Waals surface area contributed by atoms with Crippen LogP contribution in [0, 0.1) is 0 Å². The van der Waals surface area contributed by atoms with Crippen LogP contribution in [0.25, 0.3) is 16.9 Å². The molecule has 6 nitrogen and oxygen atoms in total. The summed E-state index contributed by atoms with van der Waals surface area (Å²) in [6, 6.07) is 16.2. The lowest BCUT2D eigenvalue weighted by Gasteiger charge is -2.12. The fourth-order valence-corrected chi connectivity index (χ4v) is 3.96. The van der Waals surface area contributed by atoms with Crippen LogP contribution < -0.4 is 9.46 Å². The van der Waals surface area contributed by atoms with Crippen molar-refractivity contribution >= 4 is 21.4 Å². The monoisotopic (exact) mass is 433 g/mol. The molecule has 0 spiro atoms. The largest absolute Gasteiger partial charge is 0.573 e. The van der Waals surface area contributed by atoms with Crippen LogP contribution in [-0.4, -0.2) is 24.2 Å². The summed E-state index contributed by atoms with van der Waals surface area (Å²) >= 11 is 0. The van der Waals surface area contributed by atoms with Crippen LogP contribution in [0.2, 0.25) is 0 Å². The van der Waals surface area contributed by atoms with Crippen molar-refractivity contribution in [3.05, 3.63) is 79.1 Å². The Morgan fingerprint density at radius 2 is 1.63 bits per heavy atom. The number of alkyl halides is 3. The number of para-hydroxylation sites is 1. The van der Waals surface area contributed by atoms with Gasteiger partial charge in [0.1, 0.15) is 11.4 Å². The molecule has 0 aliphatic heterocycles. The lowest BCUT2D eigenvalue weighted by atomic mass is 10.1. The second kappa shape index (κ2) is 7.38. The minimum atomic E-state index is -4.86. The van der Waals surface area contributed by atoms with Crippen molar-refractivity contribution < 1.29 is 26.3 Å². The summed E-state index contributed by atoms with van der Waals surface area (Å²) in [5.74, 6) is -0.508. The first-order chi connectivity index (χ1) is 14.2. The first kappa shape index (κ1) is 19.8. The summed E-state index contributed by atoms with van der Waals surface area (Å²) in [5, 5.41) is 0. The fraction of sp³-hybridized carbons (Fsp3) is 0.0500. The van der Waals surface area contributed by atoms with E-state index in [0.29, 0.717) is 16.9 Å². The van der Waals surface area contributed by atoms with E-state index in [0.717, 1.165) is 24.3 Å². The van der Waals surface area contributed by atoms with Crippen molar-refractivity contribution in [1.29, 1.82) is 0 Å². The molecule has 0 amide bonds. The maximum Gasteiger partial charge on any atom is 0.573 e. The molecule has 0 aliphatic carbocycles. The van der Waals surface area contributed by atoms with Crippen LogP contribution in [0.1, 0.15) is 0 Å². The van der Waals surface area contributed by atoms with Gasteiger partial charge < -0.3 is 9.14 Å². The number of sulfonamides is 1. The van der Waals surface area contributed by atoms with Gasteiger partial charge in [-0.3, -0.25) is 4.72 Å². The maximum absolute atomic E-state index is 12.8. The van der Waals surface area contributed by atoms with Gasteiger partial charge in [-0.2, -0.15) is 0 Å². The highest BCUT2D eigenvalue weighted by molar-refractivity contribution is 7.92. The molecule has 1 N–H and O–H groups in total. The second-order valence-electron chi connectivity index (χ2n) is 6.26. The van der Waals surface area contributed by atoms with Crippen molar-refractivity contribution in [2.75, 3.05) is 4.72 Å². The minimum Gasteiger partial charge on any atom is -0.406 e. The number of hydrogen-bond donors (Lipinski definition) is 1. The van der Waals surface area contributed by atoms with Gasteiger partial charge in [-0.25, -0.2) is 13.4 Å². The molecule has 0 unspecified atom stereocenters. The number of anilines is 1. The zero-order valence-electron chi connectivity index (χ0n) is 15.2. The van der Waals surface area contributed by atoms with Crippen molar-refractivity contribution in [3.63, 3.8) is 0 Å². The summed E-state index contributed by atoms with van der Waals surface area (Å²) < 4.78 is 70.4. The molecule has 2 aromatic carbocycles. The summed E-state index contributed by atoms with van der Waals surface area (Å²) in [5.41, 5.74) is 2.11. The van der Waals surface area contributed by atoms with Gasteiger partial charge in [0.25, 0.3) is 10.0 Å². The molecule has 0 bridgehead atoms. The maximum atomic E-state index is 12.8. The van der Waals surface area contributed by atoms with Gasteiger partial charge in [0.15, 0.2) is 0 Å². The third-order valence-electron chi connectivity index (χ3n) is 4.18. The van der Waals surface area contributed by atoms with Gasteiger partial charge in [-0.15, -0.1) is 13.2 Å². The molecule has 0 fully saturated rings. The Morgan fingerprint density at radius 1 is 0.933 bits per heavy atom. The zero-order valence-corrected chi connectivity index (χ0v) is 16.0. The number of imidazole rings is 1. The van der Waals surface area contributed by atoms with Crippen LogP contribution >= 0.6 is 0 Å². The van der Waals surface area contributed by atoms with E-state index in [1.165, 1.54) is 0 Å². The van der Waals surface area contributed by atoms with E-state index < -0.39 is 22.1 Å². The normalized spacial score (nSPS) is 12.1. The van der Waals surface area contributed by atoms with Gasteiger partial charge in [0.2, 0.25) is 0 Å². The Hall–Kier alpha value is -3.53. The molecular formula is C20H14F3N3O3S. The molecule has 30 heavy (non-hydrogen) atoms. The first-order valence-corrected chi connectivity index (χ1v) is 10.1. The molecule has 0 radical (unpaired) electrons. The second-order valence-corrected chi connectivity index (χ2v) is 7.94. The van der Waals surface area contributed by atoms with Crippen LogP contribution in [-0.2, 0) is 10.0 Å². The number of rotatable bonds is 5. The van der Waals surface area contributed by atoms with E-state index in [4.69, 9.17) is 0 Å². The smallest absolute Gasteiger partial charge is 0.406 e. The number of ether oxygens (including phenoxy) is 1. The molecule has 10 heteroatoms. The van der Waals surface area contributed by atoms with Crippen LogP contribution in [0.3, 0.4) is 0 Å². The Morgan fingerprint density at radius 3 is 2.33 bits per heavy atom. The van der Waals surface area contributed by atoms with Crippen molar-refractivity contribution in [2.45, 2.75) is 11.3 Å². The Labute approximate surface area is 169 Å². The highest BCUT2D eigenvalue weighted by atomic mass is 32.2. The molecule has 4 rings (SSSR count). The average Bonchev–Trinajstić information content (AvgIpc) is 3.11. The average molecular weight is 433 g/mol. The lowest BCUT2D eigenvalue weighted by Crippen LogP contribution is -2.17. The van der Waals surface area contributed by atoms with Crippen LogP contribution in [0.5, 0.6) is 5.75 Å². The number of halogens is 3. The van der Waals surface area contributed by atoms with E-state index in [1.54, 1.807) is 34.9 Å². The van der Waals surface area contributed by atoms with Crippen molar-refractivity contribution in [1.82, 2.24) is 9.38 Å². The molecule has 0 saturated carbocycles. The Kier molecular flexibility index (Phi) is 4.86. The molecule has 2 heterocycles. The Bertz CT molecular complexity index is 1270. The molecule has 4 aromatic rings. The molecule has 0 atom stereocenters. The van der Waals surface area contributed by atoms with E-state index in [2.05, 4.69) is 14.4 Å². The van der Waals surface area contributed by atoms with Crippen molar-refractivity contribution in [2.24, 2.45) is 0 Å². The van der Waals surface area contributed by atoms with E-state index in [9.17, 15) is 21.6 Å². The van der Waals surface area contributed by atoms with Crippen LogP contribution in [0.15, 0.2) is 84.0 Å². The van der Waals surface area contributed by atoms with Gasteiger partial charge in [0, 0.05) is 18.0 Å². The number of fused-ring (bicyclic) bond motifs is 1. The fourth-order valence-electron chi connectivity index (χ4n) is 2.88. The molecular weight excluding hydrogens is 419 g/mol. The molecule has 2 aromatic heterocycles. The molecule has 0 saturated heterocycles. The minimum absolute atomic E-state index is 0.207. The third-order valence-corrected chi connectivity index (χ3v) is 5.56. The van der Waals surface area contributed by atoms with E-state index in [-0.39, 0.29) is 10.6 Å². The third kappa shape index (κ3) is 4.23. The highest BCUT2D eigenvalue weighted by Gasteiger charge is 2.31. The van der Waals surface area contributed by atoms with Gasteiger partial charge in [0.05, 0.1) is 16.3 Å². The van der Waals surface area contributed by atoms with Gasteiger partial charge in [-0.05, 0) is 42.5 Å². The summed E-state index contributed by atoms with van der Waals surface area (Å²) in [6.45, 7) is 0.